The van der Waals surface area contributed by atoms with Crippen LogP contribution in [0, 0.1) is 11.6 Å². The molecule has 1 unspecified atom stereocenters. The number of hydrogen-bond donors (Lipinski definition) is 2. The molecule has 0 saturated heterocycles. The van der Waals surface area contributed by atoms with Crippen LogP contribution in [0.4, 0.5) is 8.78 Å². The number of halogens is 2. The first-order valence-electron chi connectivity index (χ1n) is 4.46. The van der Waals surface area contributed by atoms with Crippen molar-refractivity contribution in [2.45, 2.75) is 12.5 Å². The first kappa shape index (κ1) is 12.4. The van der Waals surface area contributed by atoms with Gasteiger partial charge in [0.2, 0.25) is 0 Å². The van der Waals surface area contributed by atoms with E-state index in [-0.39, 0.29) is 12.0 Å². The van der Waals surface area contributed by atoms with Gasteiger partial charge in [0.15, 0.2) is 11.6 Å². The lowest BCUT2D eigenvalue weighted by Gasteiger charge is -2.10. The fraction of sp³-hybridized carbons (Fsp3) is 0.300. The van der Waals surface area contributed by atoms with E-state index in [9.17, 15) is 18.7 Å². The van der Waals surface area contributed by atoms with Crippen molar-refractivity contribution in [3.63, 3.8) is 0 Å². The van der Waals surface area contributed by atoms with E-state index < -0.39 is 29.4 Å². The van der Waals surface area contributed by atoms with Crippen LogP contribution in [0.2, 0.25) is 0 Å². The highest BCUT2D eigenvalue weighted by Gasteiger charge is 2.18. The van der Waals surface area contributed by atoms with Gasteiger partial charge in [0.25, 0.3) is 0 Å². The molecule has 3 N–H and O–H groups in total. The fourth-order valence-corrected chi connectivity index (χ4v) is 1.25. The van der Waals surface area contributed by atoms with Crippen LogP contribution in [0.15, 0.2) is 12.1 Å². The van der Waals surface area contributed by atoms with E-state index in [4.69, 9.17) is 5.73 Å². The number of nitrogens with two attached hydrogens (primary N) is 1. The number of aromatic hydroxyl groups is 1. The highest BCUT2D eigenvalue weighted by atomic mass is 19.1. The minimum atomic E-state index is -1.09. The average Bonchev–Trinajstić information content (AvgIpc) is 2.23. The number of phenolic OH excluding ortho intramolecular Hbond substituents is 1. The van der Waals surface area contributed by atoms with Crippen molar-refractivity contribution in [2.24, 2.45) is 5.73 Å². The van der Waals surface area contributed by atoms with Crippen LogP contribution < -0.4 is 5.73 Å². The molecular formula is C10H11F2NO3. The summed E-state index contributed by atoms with van der Waals surface area (Å²) >= 11 is 0. The lowest BCUT2D eigenvalue weighted by molar-refractivity contribution is -0.142. The topological polar surface area (TPSA) is 72.5 Å². The molecule has 0 aliphatic rings. The molecule has 0 aromatic heterocycles. The summed E-state index contributed by atoms with van der Waals surface area (Å²) in [6.45, 7) is 0. The molecule has 1 aromatic carbocycles. The highest BCUT2D eigenvalue weighted by Crippen LogP contribution is 2.23. The van der Waals surface area contributed by atoms with Crippen LogP contribution in [0.5, 0.6) is 5.75 Å². The van der Waals surface area contributed by atoms with Gasteiger partial charge in [-0.1, -0.05) is 0 Å². The van der Waals surface area contributed by atoms with E-state index in [0.717, 1.165) is 13.2 Å². The SMILES string of the molecule is COC(=O)C(N)Cc1cc(F)cc(F)c1O. The van der Waals surface area contributed by atoms with Crippen molar-refractivity contribution in [1.82, 2.24) is 0 Å². The number of hydrogen-bond acceptors (Lipinski definition) is 4. The molecule has 0 spiro atoms. The van der Waals surface area contributed by atoms with Crippen molar-refractivity contribution in [3.05, 3.63) is 29.3 Å². The predicted octanol–water partition coefficient (Wildman–Crippen LogP) is 0.713. The smallest absolute Gasteiger partial charge is 0.322 e. The number of rotatable bonds is 3. The molecule has 1 atom stereocenters. The summed E-state index contributed by atoms with van der Waals surface area (Å²) in [5, 5.41) is 9.28. The Bertz CT molecular complexity index is 409. The van der Waals surface area contributed by atoms with Crippen LogP contribution >= 0.6 is 0 Å². The second kappa shape index (κ2) is 4.89. The molecule has 0 amide bonds. The Morgan fingerprint density at radius 2 is 2.19 bits per heavy atom. The normalized spacial score (nSPS) is 12.2. The van der Waals surface area contributed by atoms with E-state index in [1.165, 1.54) is 0 Å². The van der Waals surface area contributed by atoms with Gasteiger partial charge in [-0.05, 0) is 6.07 Å². The Morgan fingerprint density at radius 3 is 2.75 bits per heavy atom. The average molecular weight is 231 g/mol. The first-order valence-corrected chi connectivity index (χ1v) is 4.46. The molecule has 0 fully saturated rings. The van der Waals surface area contributed by atoms with Crippen LogP contribution in [0.1, 0.15) is 5.56 Å². The van der Waals surface area contributed by atoms with Crippen LogP contribution in [0.25, 0.3) is 0 Å². The third-order valence-electron chi connectivity index (χ3n) is 2.05. The molecule has 0 radical (unpaired) electrons. The maximum Gasteiger partial charge on any atom is 0.322 e. The highest BCUT2D eigenvalue weighted by molar-refractivity contribution is 5.75. The second-order valence-corrected chi connectivity index (χ2v) is 3.23. The predicted molar refractivity (Wildman–Crippen MR) is 51.7 cm³/mol. The van der Waals surface area contributed by atoms with E-state index in [1.54, 1.807) is 0 Å². The zero-order valence-corrected chi connectivity index (χ0v) is 8.54. The van der Waals surface area contributed by atoms with E-state index in [1.807, 2.05) is 0 Å². The molecule has 0 heterocycles. The van der Waals surface area contributed by atoms with Gasteiger partial charge >= 0.3 is 5.97 Å². The molecule has 0 aliphatic carbocycles. The second-order valence-electron chi connectivity index (χ2n) is 3.23. The van der Waals surface area contributed by atoms with Gasteiger partial charge in [-0.25, -0.2) is 8.78 Å². The number of carbonyl (C=O) groups is 1. The molecular weight excluding hydrogens is 220 g/mol. The molecule has 0 bridgehead atoms. The Kier molecular flexibility index (Phi) is 3.78. The van der Waals surface area contributed by atoms with E-state index >= 15 is 0 Å². The minimum absolute atomic E-state index is 0.0737. The Labute approximate surface area is 90.6 Å². The molecule has 0 saturated carbocycles. The maximum atomic E-state index is 12.9. The minimum Gasteiger partial charge on any atom is -0.505 e. The molecule has 16 heavy (non-hydrogen) atoms. The number of methoxy groups -OCH3 is 1. The number of carbonyl (C=O) groups excluding carboxylic acids is 1. The van der Waals surface area contributed by atoms with Gasteiger partial charge in [-0.2, -0.15) is 0 Å². The van der Waals surface area contributed by atoms with Gasteiger partial charge in [0.05, 0.1) is 7.11 Å². The zero-order chi connectivity index (χ0) is 12.3. The van der Waals surface area contributed by atoms with Crippen molar-refractivity contribution in [1.29, 1.82) is 0 Å². The summed E-state index contributed by atoms with van der Waals surface area (Å²) in [7, 11) is 1.15. The van der Waals surface area contributed by atoms with Gasteiger partial charge in [0.1, 0.15) is 11.9 Å². The van der Waals surface area contributed by atoms with Crippen LogP contribution in [0.3, 0.4) is 0 Å². The lowest BCUT2D eigenvalue weighted by atomic mass is 10.1. The summed E-state index contributed by atoms with van der Waals surface area (Å²) in [4.78, 5) is 11.0. The molecule has 6 heteroatoms. The monoisotopic (exact) mass is 231 g/mol. The van der Waals surface area contributed by atoms with Gasteiger partial charge in [0, 0.05) is 18.1 Å². The van der Waals surface area contributed by atoms with E-state index in [2.05, 4.69) is 4.74 Å². The largest absolute Gasteiger partial charge is 0.505 e. The molecule has 4 nitrogen and oxygen atoms in total. The van der Waals surface area contributed by atoms with Crippen LogP contribution in [-0.2, 0) is 16.0 Å². The van der Waals surface area contributed by atoms with Crippen LogP contribution in [-0.4, -0.2) is 24.2 Å². The fourth-order valence-electron chi connectivity index (χ4n) is 1.25. The number of ether oxygens (including phenoxy) is 1. The van der Waals surface area contributed by atoms with Crippen molar-refractivity contribution < 1.29 is 23.4 Å². The third-order valence-corrected chi connectivity index (χ3v) is 2.05. The molecule has 0 aliphatic heterocycles. The van der Waals surface area contributed by atoms with Crippen molar-refractivity contribution >= 4 is 5.97 Å². The van der Waals surface area contributed by atoms with Gasteiger partial charge in [-0.3, -0.25) is 4.79 Å². The molecule has 88 valence electrons. The maximum absolute atomic E-state index is 12.9. The Hall–Kier alpha value is -1.69. The molecule has 1 rings (SSSR count). The number of esters is 1. The summed E-state index contributed by atoms with van der Waals surface area (Å²) in [5.74, 6) is -3.36. The Morgan fingerprint density at radius 1 is 1.56 bits per heavy atom. The number of phenols is 1. The third kappa shape index (κ3) is 2.66. The number of benzene rings is 1. The van der Waals surface area contributed by atoms with Gasteiger partial charge in [-0.15, -0.1) is 0 Å². The summed E-state index contributed by atoms with van der Waals surface area (Å²) in [5.41, 5.74) is 5.32. The summed E-state index contributed by atoms with van der Waals surface area (Å²) in [6.07, 6.45) is -0.201. The van der Waals surface area contributed by atoms with Gasteiger partial charge < -0.3 is 15.6 Å². The molecule has 1 aromatic rings. The Balaban J connectivity index is 2.93. The first-order chi connectivity index (χ1) is 7.45. The zero-order valence-electron chi connectivity index (χ0n) is 8.54. The quantitative estimate of drug-likeness (QED) is 0.751. The van der Waals surface area contributed by atoms with Crippen molar-refractivity contribution in [2.75, 3.05) is 7.11 Å². The summed E-state index contributed by atoms with van der Waals surface area (Å²) in [6, 6.07) is 0.390. The summed E-state index contributed by atoms with van der Waals surface area (Å²) < 4.78 is 30.1. The lowest BCUT2D eigenvalue weighted by Crippen LogP contribution is -2.33. The standard InChI is InChI=1S/C10H11F2NO3/c1-16-10(15)8(13)3-5-2-6(11)4-7(12)9(5)14/h2,4,8,14H,3,13H2,1H3. The van der Waals surface area contributed by atoms with E-state index in [0.29, 0.717) is 6.07 Å². The van der Waals surface area contributed by atoms with Crippen molar-refractivity contribution in [3.8, 4) is 5.75 Å².